The van der Waals surface area contributed by atoms with E-state index in [0.717, 1.165) is 26.1 Å². The van der Waals surface area contributed by atoms with Crippen LogP contribution in [0.3, 0.4) is 0 Å². The van der Waals surface area contributed by atoms with E-state index in [-0.39, 0.29) is 24.4 Å². The molecule has 2 heterocycles. The SMILES string of the molecule is CCC(OCC1CO1)c1ccc2ccccc2c1C(CC)OCC1CO1. The van der Waals surface area contributed by atoms with Crippen LogP contribution in [0.4, 0.5) is 0 Å². The first kappa shape index (κ1) is 17.9. The van der Waals surface area contributed by atoms with Crippen molar-refractivity contribution in [2.75, 3.05) is 26.4 Å². The molecule has 2 fully saturated rings. The zero-order valence-electron chi connectivity index (χ0n) is 15.6. The number of hydrogen-bond acceptors (Lipinski definition) is 4. The minimum absolute atomic E-state index is 0.0510. The van der Waals surface area contributed by atoms with Gasteiger partial charge in [-0.15, -0.1) is 0 Å². The number of rotatable bonds is 10. The third-order valence-corrected chi connectivity index (χ3v) is 5.19. The molecule has 26 heavy (non-hydrogen) atoms. The topological polar surface area (TPSA) is 43.5 Å². The summed E-state index contributed by atoms with van der Waals surface area (Å²) in [6.45, 7) is 7.33. The molecule has 4 rings (SSSR count). The lowest BCUT2D eigenvalue weighted by atomic mass is 9.90. The summed E-state index contributed by atoms with van der Waals surface area (Å²) in [6.07, 6.45) is 2.52. The van der Waals surface area contributed by atoms with Gasteiger partial charge in [0.2, 0.25) is 0 Å². The molecule has 4 atom stereocenters. The molecule has 0 aromatic heterocycles. The van der Waals surface area contributed by atoms with Crippen LogP contribution in [0.1, 0.15) is 50.0 Å². The fourth-order valence-corrected chi connectivity index (χ4v) is 3.56. The molecule has 0 amide bonds. The van der Waals surface area contributed by atoms with Crippen LogP contribution in [0, 0.1) is 0 Å². The minimum atomic E-state index is 0.0510. The van der Waals surface area contributed by atoms with Crippen LogP contribution in [-0.4, -0.2) is 38.6 Å². The summed E-state index contributed by atoms with van der Waals surface area (Å²) in [5, 5.41) is 2.51. The zero-order chi connectivity index (χ0) is 17.9. The van der Waals surface area contributed by atoms with Crippen molar-refractivity contribution in [2.45, 2.75) is 51.1 Å². The molecule has 140 valence electrons. The van der Waals surface area contributed by atoms with Gasteiger partial charge in [-0.2, -0.15) is 0 Å². The summed E-state index contributed by atoms with van der Waals surface area (Å²) >= 11 is 0. The molecule has 2 aromatic rings. The fraction of sp³-hybridized carbons (Fsp3) is 0.545. The molecule has 0 aliphatic carbocycles. The lowest BCUT2D eigenvalue weighted by Crippen LogP contribution is -2.15. The number of benzene rings is 2. The molecule has 2 aliphatic heterocycles. The molecule has 0 radical (unpaired) electrons. The first-order valence-corrected chi connectivity index (χ1v) is 9.78. The van der Waals surface area contributed by atoms with Gasteiger partial charge in [-0.1, -0.05) is 50.2 Å². The summed E-state index contributed by atoms with van der Waals surface area (Å²) < 4.78 is 23.1. The first-order chi connectivity index (χ1) is 12.8. The van der Waals surface area contributed by atoms with E-state index in [1.165, 1.54) is 21.9 Å². The Kier molecular flexibility index (Phi) is 5.55. The van der Waals surface area contributed by atoms with Crippen LogP contribution in [0.2, 0.25) is 0 Å². The lowest BCUT2D eigenvalue weighted by molar-refractivity contribution is 0.0249. The van der Waals surface area contributed by atoms with E-state index in [9.17, 15) is 0 Å². The van der Waals surface area contributed by atoms with Crippen LogP contribution in [0.5, 0.6) is 0 Å². The number of epoxide rings is 2. The lowest BCUT2D eigenvalue weighted by Gasteiger charge is -2.26. The summed E-state index contributed by atoms with van der Waals surface area (Å²) in [6, 6.07) is 13.0. The van der Waals surface area contributed by atoms with Gasteiger partial charge in [-0.05, 0) is 34.7 Å². The molecule has 4 nitrogen and oxygen atoms in total. The molecule has 0 bridgehead atoms. The number of fused-ring (bicyclic) bond motifs is 1. The largest absolute Gasteiger partial charge is 0.371 e. The molecule has 2 saturated heterocycles. The van der Waals surface area contributed by atoms with E-state index >= 15 is 0 Å². The van der Waals surface area contributed by atoms with E-state index in [0.29, 0.717) is 13.2 Å². The predicted molar refractivity (Wildman–Crippen MR) is 101 cm³/mol. The van der Waals surface area contributed by atoms with Gasteiger partial charge in [-0.3, -0.25) is 0 Å². The summed E-state index contributed by atoms with van der Waals surface area (Å²) in [4.78, 5) is 0. The Morgan fingerprint density at radius 1 is 0.885 bits per heavy atom. The van der Waals surface area contributed by atoms with Crippen molar-refractivity contribution in [3.05, 3.63) is 47.5 Å². The maximum absolute atomic E-state index is 6.28. The zero-order valence-corrected chi connectivity index (χ0v) is 15.6. The van der Waals surface area contributed by atoms with Crippen LogP contribution in [0.25, 0.3) is 10.8 Å². The van der Waals surface area contributed by atoms with Crippen LogP contribution >= 0.6 is 0 Å². The van der Waals surface area contributed by atoms with E-state index in [1.807, 2.05) is 0 Å². The van der Waals surface area contributed by atoms with Crippen molar-refractivity contribution in [3.63, 3.8) is 0 Å². The van der Waals surface area contributed by atoms with Gasteiger partial charge in [0, 0.05) is 0 Å². The molecule has 2 aliphatic rings. The predicted octanol–water partition coefficient (Wildman–Crippen LogP) is 4.57. The average Bonchev–Trinajstić information content (AvgIpc) is 3.58. The van der Waals surface area contributed by atoms with Gasteiger partial charge in [0.05, 0.1) is 38.6 Å². The van der Waals surface area contributed by atoms with E-state index < -0.39 is 0 Å². The number of ether oxygens (including phenoxy) is 4. The first-order valence-electron chi connectivity index (χ1n) is 9.78. The maximum Gasteiger partial charge on any atom is 0.104 e. The molecular formula is C22H28O4. The minimum Gasteiger partial charge on any atom is -0.371 e. The van der Waals surface area contributed by atoms with Crippen molar-refractivity contribution >= 4 is 10.8 Å². The summed E-state index contributed by atoms with van der Waals surface area (Å²) in [5.74, 6) is 0. The molecule has 4 unspecified atom stereocenters. The van der Waals surface area contributed by atoms with Crippen molar-refractivity contribution in [1.29, 1.82) is 0 Å². The third-order valence-electron chi connectivity index (χ3n) is 5.19. The van der Waals surface area contributed by atoms with Gasteiger partial charge < -0.3 is 18.9 Å². The Hall–Kier alpha value is -1.46. The van der Waals surface area contributed by atoms with Gasteiger partial charge in [0.1, 0.15) is 12.2 Å². The van der Waals surface area contributed by atoms with Crippen molar-refractivity contribution in [3.8, 4) is 0 Å². The highest BCUT2D eigenvalue weighted by molar-refractivity contribution is 5.87. The highest BCUT2D eigenvalue weighted by atomic mass is 16.6. The average molecular weight is 356 g/mol. The Bertz CT molecular complexity index is 736. The Morgan fingerprint density at radius 2 is 1.50 bits per heavy atom. The molecule has 0 N–H and O–H groups in total. The van der Waals surface area contributed by atoms with Gasteiger partial charge >= 0.3 is 0 Å². The normalized spacial score (nSPS) is 23.8. The van der Waals surface area contributed by atoms with Gasteiger partial charge in [0.25, 0.3) is 0 Å². The van der Waals surface area contributed by atoms with E-state index in [1.54, 1.807) is 0 Å². The second-order valence-corrected chi connectivity index (χ2v) is 7.16. The molecule has 0 spiro atoms. The molecule has 0 saturated carbocycles. The quantitative estimate of drug-likeness (QED) is 0.585. The standard InChI is InChI=1S/C22H28O4/c1-3-20(25-13-16-11-23-16)19-10-9-15-7-5-6-8-18(15)22(19)21(4-2)26-14-17-12-24-17/h5-10,16-17,20-21H,3-4,11-14H2,1-2H3. The highest BCUT2D eigenvalue weighted by Crippen LogP contribution is 2.38. The summed E-state index contributed by atoms with van der Waals surface area (Å²) in [5.41, 5.74) is 2.52. The van der Waals surface area contributed by atoms with E-state index in [4.69, 9.17) is 18.9 Å². The van der Waals surface area contributed by atoms with Crippen LogP contribution in [-0.2, 0) is 18.9 Å². The maximum atomic E-state index is 6.28. The molecule has 4 heteroatoms. The van der Waals surface area contributed by atoms with Gasteiger partial charge in [0.15, 0.2) is 0 Å². The van der Waals surface area contributed by atoms with Crippen LogP contribution < -0.4 is 0 Å². The van der Waals surface area contributed by atoms with Crippen LogP contribution in [0.15, 0.2) is 36.4 Å². The Balaban J connectivity index is 1.69. The fourth-order valence-electron chi connectivity index (χ4n) is 3.56. The smallest absolute Gasteiger partial charge is 0.104 e. The number of hydrogen-bond donors (Lipinski definition) is 0. The highest BCUT2D eigenvalue weighted by Gasteiger charge is 2.29. The molecule has 2 aromatic carbocycles. The summed E-state index contributed by atoms with van der Waals surface area (Å²) in [7, 11) is 0. The Morgan fingerprint density at radius 3 is 2.12 bits per heavy atom. The second-order valence-electron chi connectivity index (χ2n) is 7.16. The monoisotopic (exact) mass is 356 g/mol. The van der Waals surface area contributed by atoms with Crippen molar-refractivity contribution in [1.82, 2.24) is 0 Å². The van der Waals surface area contributed by atoms with Crippen molar-refractivity contribution < 1.29 is 18.9 Å². The molecular weight excluding hydrogens is 328 g/mol. The second kappa shape index (κ2) is 8.05. The third kappa shape index (κ3) is 4.09. The Labute approximate surface area is 155 Å². The van der Waals surface area contributed by atoms with Gasteiger partial charge in [-0.25, -0.2) is 0 Å². The van der Waals surface area contributed by atoms with Crippen molar-refractivity contribution in [2.24, 2.45) is 0 Å². The van der Waals surface area contributed by atoms with E-state index in [2.05, 4.69) is 50.2 Å².